The molecule has 1 aromatic rings. The minimum absolute atomic E-state index is 0.741. The molecular formula is C12H17N. The van der Waals surface area contributed by atoms with Crippen molar-refractivity contribution in [3.63, 3.8) is 0 Å². The molecule has 1 heterocycles. The van der Waals surface area contributed by atoms with Crippen LogP contribution in [0.4, 0.5) is 0 Å². The van der Waals surface area contributed by atoms with E-state index in [1.165, 1.54) is 18.4 Å². The molecule has 1 saturated heterocycles. The second-order valence-electron chi connectivity index (χ2n) is 3.86. The molecule has 1 aliphatic heterocycles. The number of hydrogen-bond donors (Lipinski definition) is 1. The van der Waals surface area contributed by atoms with Crippen molar-refractivity contribution >= 4 is 0 Å². The molecule has 0 bridgehead atoms. The fourth-order valence-electron chi connectivity index (χ4n) is 2.11. The summed E-state index contributed by atoms with van der Waals surface area (Å²) in [4.78, 5) is 0. The molecule has 1 N–H and O–H groups in total. The molecule has 13 heavy (non-hydrogen) atoms. The van der Waals surface area contributed by atoms with Gasteiger partial charge >= 0.3 is 0 Å². The number of benzene rings is 1. The highest BCUT2D eigenvalue weighted by atomic mass is 14.9. The van der Waals surface area contributed by atoms with Crippen LogP contribution in [0, 0.1) is 0 Å². The standard InChI is InChI=1S/C12H17N/c1-2-12-8-11(9-13-12)10-6-4-3-5-7-10/h3-7,11-13H,2,8-9H2,1H3. The average molecular weight is 175 g/mol. The normalized spacial score (nSPS) is 27.8. The summed E-state index contributed by atoms with van der Waals surface area (Å²) in [6, 6.07) is 11.6. The van der Waals surface area contributed by atoms with Gasteiger partial charge in [0.25, 0.3) is 0 Å². The van der Waals surface area contributed by atoms with E-state index in [1.807, 2.05) is 0 Å². The predicted molar refractivity (Wildman–Crippen MR) is 55.9 cm³/mol. The number of nitrogens with one attached hydrogen (secondary N) is 1. The van der Waals surface area contributed by atoms with Crippen LogP contribution in [0.15, 0.2) is 30.3 Å². The molecule has 1 aromatic carbocycles. The van der Waals surface area contributed by atoms with Gasteiger partial charge in [-0.25, -0.2) is 0 Å². The quantitative estimate of drug-likeness (QED) is 0.728. The van der Waals surface area contributed by atoms with E-state index in [9.17, 15) is 0 Å². The molecule has 0 saturated carbocycles. The average Bonchev–Trinajstić information content (AvgIpc) is 2.67. The third kappa shape index (κ3) is 1.92. The third-order valence-electron chi connectivity index (χ3n) is 2.99. The minimum Gasteiger partial charge on any atom is -0.313 e. The van der Waals surface area contributed by atoms with Crippen molar-refractivity contribution in [2.75, 3.05) is 6.54 Å². The lowest BCUT2D eigenvalue weighted by molar-refractivity contribution is 0.583. The van der Waals surface area contributed by atoms with Crippen LogP contribution in [0.2, 0.25) is 0 Å². The molecule has 0 spiro atoms. The monoisotopic (exact) mass is 175 g/mol. The van der Waals surface area contributed by atoms with Crippen molar-refractivity contribution in [3.8, 4) is 0 Å². The van der Waals surface area contributed by atoms with Crippen molar-refractivity contribution in [1.29, 1.82) is 0 Å². The maximum absolute atomic E-state index is 3.55. The molecule has 1 heteroatoms. The zero-order valence-electron chi connectivity index (χ0n) is 8.16. The van der Waals surface area contributed by atoms with E-state index in [0.717, 1.165) is 18.5 Å². The van der Waals surface area contributed by atoms with Gasteiger partial charge in [-0.3, -0.25) is 0 Å². The van der Waals surface area contributed by atoms with Gasteiger partial charge in [-0.2, -0.15) is 0 Å². The first-order valence-corrected chi connectivity index (χ1v) is 5.18. The molecule has 2 atom stereocenters. The highest BCUT2D eigenvalue weighted by Gasteiger charge is 2.23. The van der Waals surface area contributed by atoms with Gasteiger partial charge in [0.2, 0.25) is 0 Å². The summed E-state index contributed by atoms with van der Waals surface area (Å²) in [7, 11) is 0. The van der Waals surface area contributed by atoms with E-state index < -0.39 is 0 Å². The Morgan fingerprint density at radius 1 is 1.31 bits per heavy atom. The minimum atomic E-state index is 0.741. The van der Waals surface area contributed by atoms with Crippen molar-refractivity contribution in [1.82, 2.24) is 5.32 Å². The number of rotatable bonds is 2. The highest BCUT2D eigenvalue weighted by molar-refractivity contribution is 5.21. The fourth-order valence-corrected chi connectivity index (χ4v) is 2.11. The van der Waals surface area contributed by atoms with Gasteiger partial charge in [0.05, 0.1) is 0 Å². The van der Waals surface area contributed by atoms with Crippen LogP contribution in [0.25, 0.3) is 0 Å². The largest absolute Gasteiger partial charge is 0.313 e. The van der Waals surface area contributed by atoms with Gasteiger partial charge in [-0.15, -0.1) is 0 Å². The Labute approximate surface area is 80.2 Å². The summed E-state index contributed by atoms with van der Waals surface area (Å²) in [5.41, 5.74) is 1.49. The van der Waals surface area contributed by atoms with E-state index in [4.69, 9.17) is 0 Å². The van der Waals surface area contributed by atoms with Crippen LogP contribution in [-0.4, -0.2) is 12.6 Å². The zero-order valence-corrected chi connectivity index (χ0v) is 8.16. The van der Waals surface area contributed by atoms with E-state index in [0.29, 0.717) is 0 Å². The van der Waals surface area contributed by atoms with Gasteiger partial charge in [0, 0.05) is 12.6 Å². The maximum atomic E-state index is 3.55. The van der Waals surface area contributed by atoms with Crippen LogP contribution in [-0.2, 0) is 0 Å². The van der Waals surface area contributed by atoms with Crippen LogP contribution in [0.5, 0.6) is 0 Å². The second kappa shape index (κ2) is 3.93. The van der Waals surface area contributed by atoms with Crippen molar-refractivity contribution in [2.24, 2.45) is 0 Å². The molecule has 0 radical (unpaired) electrons. The summed E-state index contributed by atoms with van der Waals surface area (Å²) in [6.45, 7) is 3.41. The van der Waals surface area contributed by atoms with Gasteiger partial charge in [-0.05, 0) is 24.3 Å². The first kappa shape index (κ1) is 8.76. The first-order valence-electron chi connectivity index (χ1n) is 5.18. The Kier molecular flexibility index (Phi) is 2.65. The lowest BCUT2D eigenvalue weighted by Crippen LogP contribution is -2.19. The van der Waals surface area contributed by atoms with E-state index in [-0.39, 0.29) is 0 Å². The molecule has 1 fully saturated rings. The summed E-state index contributed by atoms with van der Waals surface area (Å²) < 4.78 is 0. The Bertz CT molecular complexity index is 255. The van der Waals surface area contributed by atoms with Crippen LogP contribution >= 0.6 is 0 Å². The van der Waals surface area contributed by atoms with Gasteiger partial charge in [0.1, 0.15) is 0 Å². The second-order valence-corrected chi connectivity index (χ2v) is 3.86. The molecule has 1 nitrogen and oxygen atoms in total. The molecule has 1 aliphatic rings. The molecule has 0 aromatic heterocycles. The molecule has 2 rings (SSSR count). The highest BCUT2D eigenvalue weighted by Crippen LogP contribution is 2.26. The van der Waals surface area contributed by atoms with E-state index >= 15 is 0 Å². The lowest BCUT2D eigenvalue weighted by Gasteiger charge is -2.08. The zero-order chi connectivity index (χ0) is 9.10. The van der Waals surface area contributed by atoms with Gasteiger partial charge in [-0.1, -0.05) is 37.3 Å². The summed E-state index contributed by atoms with van der Waals surface area (Å²) in [5, 5.41) is 3.55. The van der Waals surface area contributed by atoms with Gasteiger partial charge < -0.3 is 5.32 Å². The SMILES string of the molecule is CCC1CC(c2ccccc2)CN1. The van der Waals surface area contributed by atoms with Crippen molar-refractivity contribution in [2.45, 2.75) is 31.7 Å². The lowest BCUT2D eigenvalue weighted by atomic mass is 9.96. The molecule has 0 amide bonds. The summed E-state index contributed by atoms with van der Waals surface area (Å²) >= 11 is 0. The van der Waals surface area contributed by atoms with Crippen LogP contribution in [0.1, 0.15) is 31.2 Å². The Morgan fingerprint density at radius 2 is 2.08 bits per heavy atom. The summed E-state index contributed by atoms with van der Waals surface area (Å²) in [5.74, 6) is 0.742. The Hall–Kier alpha value is -0.820. The number of hydrogen-bond acceptors (Lipinski definition) is 1. The molecule has 0 aliphatic carbocycles. The fraction of sp³-hybridized carbons (Fsp3) is 0.500. The molecular weight excluding hydrogens is 158 g/mol. The predicted octanol–water partition coefficient (Wildman–Crippen LogP) is 2.54. The van der Waals surface area contributed by atoms with Crippen LogP contribution < -0.4 is 5.32 Å². The Balaban J connectivity index is 2.04. The van der Waals surface area contributed by atoms with Crippen LogP contribution in [0.3, 0.4) is 0 Å². The topological polar surface area (TPSA) is 12.0 Å². The maximum Gasteiger partial charge on any atom is 0.00709 e. The smallest absolute Gasteiger partial charge is 0.00709 e. The third-order valence-corrected chi connectivity index (χ3v) is 2.99. The van der Waals surface area contributed by atoms with Crippen molar-refractivity contribution in [3.05, 3.63) is 35.9 Å². The van der Waals surface area contributed by atoms with Crippen molar-refractivity contribution < 1.29 is 0 Å². The molecule has 2 unspecified atom stereocenters. The van der Waals surface area contributed by atoms with E-state index in [1.54, 1.807) is 0 Å². The van der Waals surface area contributed by atoms with E-state index in [2.05, 4.69) is 42.6 Å². The molecule has 70 valence electrons. The summed E-state index contributed by atoms with van der Waals surface area (Å²) in [6.07, 6.45) is 2.56. The first-order chi connectivity index (χ1) is 6.40. The Morgan fingerprint density at radius 3 is 2.69 bits per heavy atom. The van der Waals surface area contributed by atoms with Gasteiger partial charge in [0.15, 0.2) is 0 Å².